The van der Waals surface area contributed by atoms with Crippen LogP contribution in [0.15, 0.2) is 30.3 Å². The van der Waals surface area contributed by atoms with Crippen molar-refractivity contribution in [2.45, 2.75) is 0 Å². The van der Waals surface area contributed by atoms with Gasteiger partial charge in [-0.1, -0.05) is 6.07 Å². The van der Waals surface area contributed by atoms with Crippen LogP contribution in [0.5, 0.6) is 11.5 Å². The quantitative estimate of drug-likeness (QED) is 0.862. The summed E-state index contributed by atoms with van der Waals surface area (Å²) < 4.78 is 5.60. The van der Waals surface area contributed by atoms with E-state index in [0.717, 1.165) is 31.6 Å². The number of likely N-dealkylation sites (N-methyl/N-ethyl adjacent to an activating group) is 1. The molecular formula is C18H20N2O4. The second-order valence-electron chi connectivity index (χ2n) is 5.97. The molecule has 24 heavy (non-hydrogen) atoms. The second kappa shape index (κ2) is 6.88. The Labute approximate surface area is 140 Å². The van der Waals surface area contributed by atoms with E-state index in [9.17, 15) is 14.7 Å². The van der Waals surface area contributed by atoms with Crippen molar-refractivity contribution in [3.63, 3.8) is 0 Å². The molecule has 2 aromatic carbocycles. The van der Waals surface area contributed by atoms with Gasteiger partial charge in [0.15, 0.2) is 12.9 Å². The number of hydrogen-bond donors (Lipinski definition) is 1. The van der Waals surface area contributed by atoms with Gasteiger partial charge < -0.3 is 19.6 Å². The molecule has 0 aliphatic carbocycles. The van der Waals surface area contributed by atoms with Crippen LogP contribution >= 0.6 is 0 Å². The molecule has 0 saturated carbocycles. The minimum Gasteiger partial charge on any atom is -0.507 e. The number of hydrogen-bond acceptors (Lipinski definition) is 5. The standard InChI is InChI=1S/C18H20N2O4/c1-19-6-8-20(9-7-19)18(23)12-24-14-3-4-15-13(10-14)2-5-17(22)16(15)11-21/h2-5,10-11,22H,6-9,12H2,1H3. The zero-order valence-corrected chi connectivity index (χ0v) is 13.6. The van der Waals surface area contributed by atoms with E-state index in [-0.39, 0.29) is 23.8 Å². The molecule has 1 aliphatic heterocycles. The number of rotatable bonds is 4. The monoisotopic (exact) mass is 328 g/mol. The summed E-state index contributed by atoms with van der Waals surface area (Å²) in [6.45, 7) is 3.18. The zero-order valence-electron chi connectivity index (χ0n) is 13.6. The molecule has 1 aliphatic rings. The van der Waals surface area contributed by atoms with Crippen LogP contribution < -0.4 is 4.74 Å². The first-order valence-corrected chi connectivity index (χ1v) is 7.88. The van der Waals surface area contributed by atoms with Gasteiger partial charge in [-0.3, -0.25) is 9.59 Å². The first-order chi connectivity index (χ1) is 11.6. The molecule has 1 saturated heterocycles. The molecule has 0 aromatic heterocycles. The summed E-state index contributed by atoms with van der Waals surface area (Å²) in [7, 11) is 2.04. The first kappa shape index (κ1) is 16.3. The molecule has 1 N–H and O–H groups in total. The molecule has 0 bridgehead atoms. The van der Waals surface area contributed by atoms with Crippen molar-refractivity contribution in [1.29, 1.82) is 0 Å². The van der Waals surface area contributed by atoms with Crippen LogP contribution in [0.1, 0.15) is 10.4 Å². The molecule has 2 aromatic rings. The molecule has 6 nitrogen and oxygen atoms in total. The maximum Gasteiger partial charge on any atom is 0.260 e. The fraction of sp³-hybridized carbons (Fsp3) is 0.333. The van der Waals surface area contributed by atoms with Gasteiger partial charge in [0.05, 0.1) is 5.56 Å². The predicted octanol–water partition coefficient (Wildman–Crippen LogP) is 1.51. The van der Waals surface area contributed by atoms with Crippen molar-refractivity contribution in [2.24, 2.45) is 0 Å². The average molecular weight is 328 g/mol. The molecular weight excluding hydrogens is 308 g/mol. The van der Waals surface area contributed by atoms with E-state index in [4.69, 9.17) is 4.74 Å². The lowest BCUT2D eigenvalue weighted by atomic mass is 10.0. The Balaban J connectivity index is 1.68. The number of aldehydes is 1. The van der Waals surface area contributed by atoms with E-state index >= 15 is 0 Å². The van der Waals surface area contributed by atoms with Gasteiger partial charge in [0, 0.05) is 26.2 Å². The lowest BCUT2D eigenvalue weighted by molar-refractivity contribution is -0.134. The summed E-state index contributed by atoms with van der Waals surface area (Å²) in [5.74, 6) is 0.492. The number of phenolic OH excluding ortho intramolecular Hbond substituents is 1. The molecule has 3 rings (SSSR count). The Hall–Kier alpha value is -2.60. The molecule has 0 radical (unpaired) electrons. The molecule has 1 amide bonds. The fourth-order valence-electron chi connectivity index (χ4n) is 2.83. The van der Waals surface area contributed by atoms with Crippen molar-refractivity contribution in [1.82, 2.24) is 9.80 Å². The lowest BCUT2D eigenvalue weighted by Crippen LogP contribution is -2.48. The number of nitrogens with zero attached hydrogens (tertiary/aromatic N) is 2. The summed E-state index contributed by atoms with van der Waals surface area (Å²) in [6.07, 6.45) is 0.634. The largest absolute Gasteiger partial charge is 0.507 e. The van der Waals surface area contributed by atoms with Crippen molar-refractivity contribution < 1.29 is 19.4 Å². The third kappa shape index (κ3) is 3.33. The minimum atomic E-state index is -0.0450. The van der Waals surface area contributed by atoms with Crippen LogP contribution in [0, 0.1) is 0 Å². The molecule has 126 valence electrons. The highest BCUT2D eigenvalue weighted by Crippen LogP contribution is 2.28. The molecule has 1 fully saturated rings. The van der Waals surface area contributed by atoms with Gasteiger partial charge in [0.25, 0.3) is 5.91 Å². The highest BCUT2D eigenvalue weighted by atomic mass is 16.5. The summed E-state index contributed by atoms with van der Waals surface area (Å²) in [4.78, 5) is 27.3. The highest BCUT2D eigenvalue weighted by Gasteiger charge is 2.19. The normalized spacial score (nSPS) is 15.5. The topological polar surface area (TPSA) is 70.1 Å². The highest BCUT2D eigenvalue weighted by molar-refractivity contribution is 6.01. The van der Waals surface area contributed by atoms with Crippen LogP contribution in [0.3, 0.4) is 0 Å². The van der Waals surface area contributed by atoms with Crippen LogP contribution in [0.4, 0.5) is 0 Å². The number of carbonyl (C=O) groups is 2. The maximum atomic E-state index is 12.2. The molecule has 6 heteroatoms. The van der Waals surface area contributed by atoms with Crippen molar-refractivity contribution in [3.8, 4) is 11.5 Å². The van der Waals surface area contributed by atoms with E-state index in [0.29, 0.717) is 17.4 Å². The van der Waals surface area contributed by atoms with E-state index in [1.54, 1.807) is 24.3 Å². The Morgan fingerprint density at radius 3 is 2.67 bits per heavy atom. The molecule has 1 heterocycles. The molecule has 0 unspecified atom stereocenters. The Morgan fingerprint density at radius 1 is 1.21 bits per heavy atom. The third-order valence-electron chi connectivity index (χ3n) is 4.35. The molecule has 0 spiro atoms. The summed E-state index contributed by atoms with van der Waals surface area (Å²) in [5.41, 5.74) is 0.257. The smallest absolute Gasteiger partial charge is 0.260 e. The van der Waals surface area contributed by atoms with Crippen LogP contribution in [0.2, 0.25) is 0 Å². The number of benzene rings is 2. The maximum absolute atomic E-state index is 12.2. The summed E-state index contributed by atoms with van der Waals surface area (Å²) in [6, 6.07) is 8.37. The number of piperazine rings is 1. The number of aromatic hydroxyl groups is 1. The number of ether oxygens (including phenoxy) is 1. The van der Waals surface area contributed by atoms with Gasteiger partial charge >= 0.3 is 0 Å². The van der Waals surface area contributed by atoms with Gasteiger partial charge in [0.2, 0.25) is 0 Å². The van der Waals surface area contributed by atoms with Gasteiger partial charge in [-0.25, -0.2) is 0 Å². The van der Waals surface area contributed by atoms with Crippen LogP contribution in [0.25, 0.3) is 10.8 Å². The summed E-state index contributed by atoms with van der Waals surface area (Å²) in [5, 5.41) is 11.1. The SMILES string of the molecule is CN1CCN(C(=O)COc2ccc3c(C=O)c(O)ccc3c2)CC1. The predicted molar refractivity (Wildman–Crippen MR) is 90.6 cm³/mol. The Kier molecular flexibility index (Phi) is 4.66. The van der Waals surface area contributed by atoms with E-state index in [2.05, 4.69) is 4.90 Å². The summed E-state index contributed by atoms with van der Waals surface area (Å²) >= 11 is 0. The van der Waals surface area contributed by atoms with E-state index in [1.807, 2.05) is 11.9 Å². The van der Waals surface area contributed by atoms with Crippen LogP contribution in [-0.2, 0) is 4.79 Å². The van der Waals surface area contributed by atoms with E-state index in [1.165, 1.54) is 6.07 Å². The first-order valence-electron chi connectivity index (χ1n) is 7.88. The van der Waals surface area contributed by atoms with Gasteiger partial charge in [-0.15, -0.1) is 0 Å². The lowest BCUT2D eigenvalue weighted by Gasteiger charge is -2.32. The number of amides is 1. The third-order valence-corrected chi connectivity index (χ3v) is 4.35. The minimum absolute atomic E-state index is 0.00611. The van der Waals surface area contributed by atoms with Gasteiger partial charge in [0.1, 0.15) is 11.5 Å². The fourth-order valence-corrected chi connectivity index (χ4v) is 2.83. The number of fused-ring (bicyclic) bond motifs is 1. The Bertz CT molecular complexity index is 767. The van der Waals surface area contributed by atoms with Crippen molar-refractivity contribution in [2.75, 3.05) is 39.8 Å². The Morgan fingerprint density at radius 2 is 1.96 bits per heavy atom. The number of carbonyl (C=O) groups excluding carboxylic acids is 2. The van der Waals surface area contributed by atoms with Gasteiger partial charge in [-0.2, -0.15) is 0 Å². The molecule has 0 atom stereocenters. The van der Waals surface area contributed by atoms with E-state index < -0.39 is 0 Å². The van der Waals surface area contributed by atoms with Crippen molar-refractivity contribution >= 4 is 23.0 Å². The van der Waals surface area contributed by atoms with Gasteiger partial charge in [-0.05, 0) is 42.1 Å². The second-order valence-corrected chi connectivity index (χ2v) is 5.97. The zero-order chi connectivity index (χ0) is 17.1. The average Bonchev–Trinajstić information content (AvgIpc) is 2.60. The van der Waals surface area contributed by atoms with Crippen molar-refractivity contribution in [3.05, 3.63) is 35.9 Å². The van der Waals surface area contributed by atoms with Crippen LogP contribution in [-0.4, -0.2) is 66.9 Å². The number of phenols is 1.